The molecule has 2 N–H and O–H groups in total. The van der Waals surface area contributed by atoms with Gasteiger partial charge in [-0.25, -0.2) is 8.42 Å². The standard InChI is InChI=1S/C33H31N5O2S/c1-41(39,40)18-17-34-21-24-7-9-26(10-8-24)27-11-13-30-31(15-16-35-32(30)20-27)37-29-12-14-33-28(19-29)22-36-38(33)23-25-5-3-2-4-6-25/h2-16,19-20,22,34H,17-18,21,23H2,1H3,(H,35,37). The van der Waals surface area contributed by atoms with Crippen LogP contribution < -0.4 is 10.6 Å². The van der Waals surface area contributed by atoms with Crippen molar-refractivity contribution >= 4 is 43.0 Å². The lowest BCUT2D eigenvalue weighted by Crippen LogP contribution is -2.21. The van der Waals surface area contributed by atoms with Gasteiger partial charge in [0, 0.05) is 47.7 Å². The third-order valence-corrected chi connectivity index (χ3v) is 8.05. The van der Waals surface area contributed by atoms with Gasteiger partial charge in [0.15, 0.2) is 0 Å². The Morgan fingerprint density at radius 1 is 0.829 bits per heavy atom. The molecular weight excluding hydrogens is 530 g/mol. The van der Waals surface area contributed by atoms with E-state index in [1.165, 1.54) is 11.8 Å². The number of fused-ring (bicyclic) bond motifs is 2. The fourth-order valence-electron chi connectivity index (χ4n) is 4.94. The van der Waals surface area contributed by atoms with Crippen LogP contribution in [-0.4, -0.2) is 41.7 Å². The van der Waals surface area contributed by atoms with Crippen molar-refractivity contribution in [1.82, 2.24) is 20.1 Å². The van der Waals surface area contributed by atoms with Crippen molar-refractivity contribution < 1.29 is 8.42 Å². The van der Waals surface area contributed by atoms with Crippen molar-refractivity contribution in [2.24, 2.45) is 0 Å². The highest BCUT2D eigenvalue weighted by atomic mass is 32.2. The lowest BCUT2D eigenvalue weighted by molar-refractivity contribution is 0.596. The minimum absolute atomic E-state index is 0.139. The maximum Gasteiger partial charge on any atom is 0.148 e. The molecule has 0 bridgehead atoms. The van der Waals surface area contributed by atoms with Crippen molar-refractivity contribution in [2.75, 3.05) is 23.9 Å². The van der Waals surface area contributed by atoms with Crippen molar-refractivity contribution in [1.29, 1.82) is 0 Å². The number of pyridine rings is 1. The smallest absolute Gasteiger partial charge is 0.148 e. The fraction of sp³-hybridized carbons (Fsp3) is 0.152. The van der Waals surface area contributed by atoms with E-state index in [-0.39, 0.29) is 5.75 Å². The number of nitrogens with one attached hydrogen (secondary N) is 2. The van der Waals surface area contributed by atoms with Gasteiger partial charge in [-0.3, -0.25) is 9.67 Å². The Kier molecular flexibility index (Phi) is 7.50. The Morgan fingerprint density at radius 2 is 1.63 bits per heavy atom. The molecule has 2 heterocycles. The average molecular weight is 562 g/mol. The SMILES string of the molecule is CS(=O)(=O)CCNCc1ccc(-c2ccc3c(Nc4ccc5c(cnn5Cc5ccccc5)c4)ccnc3c2)cc1. The minimum atomic E-state index is -2.95. The Morgan fingerprint density at radius 3 is 2.44 bits per heavy atom. The van der Waals surface area contributed by atoms with E-state index >= 15 is 0 Å². The van der Waals surface area contributed by atoms with Gasteiger partial charge in [0.05, 0.1) is 29.5 Å². The van der Waals surface area contributed by atoms with E-state index < -0.39 is 9.84 Å². The zero-order valence-corrected chi connectivity index (χ0v) is 23.6. The molecule has 0 radical (unpaired) electrons. The number of rotatable bonds is 10. The first kappa shape index (κ1) is 26.7. The number of hydrogen-bond acceptors (Lipinski definition) is 6. The molecule has 8 heteroatoms. The molecule has 0 aliphatic rings. The molecule has 6 aromatic rings. The van der Waals surface area contributed by atoms with Gasteiger partial charge in [-0.15, -0.1) is 0 Å². The second kappa shape index (κ2) is 11.5. The summed E-state index contributed by atoms with van der Waals surface area (Å²) in [6, 6.07) is 33.3. The molecule has 7 nitrogen and oxygen atoms in total. The Hall–Kier alpha value is -4.53. The fourth-order valence-corrected chi connectivity index (χ4v) is 5.46. The predicted octanol–water partition coefficient (Wildman–Crippen LogP) is 6.18. The lowest BCUT2D eigenvalue weighted by atomic mass is 10.0. The topological polar surface area (TPSA) is 88.9 Å². The maximum atomic E-state index is 11.3. The summed E-state index contributed by atoms with van der Waals surface area (Å²) in [6.45, 7) is 1.81. The first-order valence-corrected chi connectivity index (χ1v) is 15.6. The third kappa shape index (κ3) is 6.45. The maximum absolute atomic E-state index is 11.3. The van der Waals surface area contributed by atoms with Crippen LogP contribution in [0.5, 0.6) is 0 Å². The Bertz CT molecular complexity index is 1920. The molecule has 0 saturated carbocycles. The van der Waals surface area contributed by atoms with Crippen LogP contribution in [0.15, 0.2) is 109 Å². The number of sulfone groups is 1. The van der Waals surface area contributed by atoms with Crippen LogP contribution in [0.3, 0.4) is 0 Å². The van der Waals surface area contributed by atoms with E-state index in [0.717, 1.165) is 56.4 Å². The van der Waals surface area contributed by atoms with Gasteiger partial charge in [-0.1, -0.05) is 66.7 Å². The van der Waals surface area contributed by atoms with Crippen LogP contribution in [0.25, 0.3) is 32.9 Å². The van der Waals surface area contributed by atoms with E-state index in [0.29, 0.717) is 13.1 Å². The molecule has 0 amide bonds. The summed E-state index contributed by atoms with van der Waals surface area (Å²) in [7, 11) is -2.95. The first-order chi connectivity index (χ1) is 19.9. The Labute approximate surface area is 239 Å². The van der Waals surface area contributed by atoms with Crippen LogP contribution in [-0.2, 0) is 22.9 Å². The molecular formula is C33H31N5O2S. The highest BCUT2D eigenvalue weighted by Crippen LogP contribution is 2.30. The third-order valence-electron chi connectivity index (χ3n) is 7.10. The normalized spacial score (nSPS) is 11.7. The van der Waals surface area contributed by atoms with Gasteiger partial charge in [0.2, 0.25) is 0 Å². The minimum Gasteiger partial charge on any atom is -0.355 e. The molecule has 41 heavy (non-hydrogen) atoms. The summed E-state index contributed by atoms with van der Waals surface area (Å²) >= 11 is 0. The summed E-state index contributed by atoms with van der Waals surface area (Å²) < 4.78 is 24.6. The van der Waals surface area contributed by atoms with E-state index in [1.807, 2.05) is 41.3 Å². The number of anilines is 2. The number of aromatic nitrogens is 3. The second-order valence-electron chi connectivity index (χ2n) is 10.3. The molecule has 0 aliphatic carbocycles. The van der Waals surface area contributed by atoms with Crippen molar-refractivity contribution in [2.45, 2.75) is 13.1 Å². The Balaban J connectivity index is 1.16. The molecule has 206 valence electrons. The van der Waals surface area contributed by atoms with Crippen molar-refractivity contribution in [3.05, 3.63) is 121 Å². The quantitative estimate of drug-likeness (QED) is 0.194. The van der Waals surface area contributed by atoms with Gasteiger partial charge >= 0.3 is 0 Å². The lowest BCUT2D eigenvalue weighted by Gasteiger charge is -2.12. The van der Waals surface area contributed by atoms with Gasteiger partial charge < -0.3 is 10.6 Å². The predicted molar refractivity (Wildman–Crippen MR) is 167 cm³/mol. The van der Waals surface area contributed by atoms with Crippen LogP contribution >= 0.6 is 0 Å². The second-order valence-corrected chi connectivity index (χ2v) is 12.5. The summed E-state index contributed by atoms with van der Waals surface area (Å²) in [5.41, 5.74) is 8.51. The monoisotopic (exact) mass is 561 g/mol. The summed E-state index contributed by atoms with van der Waals surface area (Å²) in [6.07, 6.45) is 5.00. The van der Waals surface area contributed by atoms with Crippen LogP contribution in [0, 0.1) is 0 Å². The van der Waals surface area contributed by atoms with E-state index in [9.17, 15) is 8.42 Å². The molecule has 0 aliphatic heterocycles. The zero-order valence-electron chi connectivity index (χ0n) is 22.8. The van der Waals surface area contributed by atoms with Gasteiger partial charge in [0.1, 0.15) is 9.84 Å². The molecule has 0 fully saturated rings. The zero-order chi connectivity index (χ0) is 28.2. The van der Waals surface area contributed by atoms with Crippen molar-refractivity contribution in [3.63, 3.8) is 0 Å². The summed E-state index contributed by atoms with van der Waals surface area (Å²) in [4.78, 5) is 4.64. The number of hydrogen-bond donors (Lipinski definition) is 2. The first-order valence-electron chi connectivity index (χ1n) is 13.5. The summed E-state index contributed by atoms with van der Waals surface area (Å²) in [5.74, 6) is 0.139. The molecule has 0 atom stereocenters. The highest BCUT2D eigenvalue weighted by molar-refractivity contribution is 7.90. The largest absolute Gasteiger partial charge is 0.355 e. The van der Waals surface area contributed by atoms with Crippen LogP contribution in [0.1, 0.15) is 11.1 Å². The number of benzene rings is 4. The molecule has 0 unspecified atom stereocenters. The molecule has 0 spiro atoms. The van der Waals surface area contributed by atoms with Crippen LogP contribution in [0.2, 0.25) is 0 Å². The molecule has 6 rings (SSSR count). The molecule has 4 aromatic carbocycles. The van der Waals surface area contributed by atoms with Gasteiger partial charge in [-0.05, 0) is 52.6 Å². The van der Waals surface area contributed by atoms with E-state index in [4.69, 9.17) is 0 Å². The van der Waals surface area contributed by atoms with Crippen LogP contribution in [0.4, 0.5) is 11.4 Å². The summed E-state index contributed by atoms with van der Waals surface area (Å²) in [5, 5.41) is 13.5. The van der Waals surface area contributed by atoms with Gasteiger partial charge in [0.25, 0.3) is 0 Å². The van der Waals surface area contributed by atoms with Crippen molar-refractivity contribution in [3.8, 4) is 11.1 Å². The van der Waals surface area contributed by atoms with E-state index in [1.54, 1.807) is 0 Å². The van der Waals surface area contributed by atoms with Gasteiger partial charge in [-0.2, -0.15) is 5.10 Å². The van der Waals surface area contributed by atoms with E-state index in [2.05, 4.69) is 93.5 Å². The number of nitrogens with zero attached hydrogens (tertiary/aromatic N) is 3. The highest BCUT2D eigenvalue weighted by Gasteiger charge is 2.09. The molecule has 0 saturated heterocycles. The average Bonchev–Trinajstić information content (AvgIpc) is 3.37. The molecule has 2 aromatic heterocycles.